The average molecular weight is 255 g/mol. The molecular formula is C15H13NO3. The van der Waals surface area contributed by atoms with Gasteiger partial charge in [-0.2, -0.15) is 0 Å². The number of carboxylic acids is 1. The number of aromatic carboxylic acids is 1. The van der Waals surface area contributed by atoms with Crippen molar-refractivity contribution < 1.29 is 14.7 Å². The molecule has 0 unspecified atom stereocenters. The molecule has 2 aromatic carbocycles. The molecule has 0 spiro atoms. The van der Waals surface area contributed by atoms with Gasteiger partial charge in [-0.15, -0.1) is 0 Å². The molecule has 96 valence electrons. The van der Waals surface area contributed by atoms with Gasteiger partial charge in [0.2, 0.25) is 0 Å². The van der Waals surface area contributed by atoms with Gasteiger partial charge in [-0.25, -0.2) is 4.79 Å². The summed E-state index contributed by atoms with van der Waals surface area (Å²) in [6, 6.07) is 13.8. The fourth-order valence-corrected chi connectivity index (χ4v) is 1.65. The maximum Gasteiger partial charge on any atom is 0.335 e. The Kier molecular flexibility index (Phi) is 3.93. The van der Waals surface area contributed by atoms with E-state index in [1.807, 2.05) is 12.1 Å². The van der Waals surface area contributed by atoms with Gasteiger partial charge in [0, 0.05) is 17.8 Å². The predicted molar refractivity (Wildman–Crippen MR) is 72.6 cm³/mol. The van der Waals surface area contributed by atoms with Crippen LogP contribution in [0.5, 0.6) is 0 Å². The zero-order valence-corrected chi connectivity index (χ0v) is 10.2. The monoisotopic (exact) mass is 255 g/mol. The summed E-state index contributed by atoms with van der Waals surface area (Å²) < 4.78 is 0. The van der Waals surface area contributed by atoms with Crippen molar-refractivity contribution in [3.8, 4) is 0 Å². The first-order valence-corrected chi connectivity index (χ1v) is 5.80. The number of rotatable bonds is 5. The molecule has 0 amide bonds. The zero-order valence-electron chi connectivity index (χ0n) is 10.2. The van der Waals surface area contributed by atoms with Crippen LogP contribution in [0.1, 0.15) is 26.3 Å². The van der Waals surface area contributed by atoms with Crippen molar-refractivity contribution >= 4 is 17.9 Å². The third kappa shape index (κ3) is 3.42. The van der Waals surface area contributed by atoms with E-state index in [-0.39, 0.29) is 5.56 Å². The molecular weight excluding hydrogens is 242 g/mol. The molecule has 0 fully saturated rings. The second-order valence-electron chi connectivity index (χ2n) is 4.10. The van der Waals surface area contributed by atoms with Crippen molar-refractivity contribution in [3.63, 3.8) is 0 Å². The Bertz CT molecular complexity index is 573. The van der Waals surface area contributed by atoms with Crippen LogP contribution < -0.4 is 5.32 Å². The highest BCUT2D eigenvalue weighted by atomic mass is 16.4. The first kappa shape index (κ1) is 12.8. The lowest BCUT2D eigenvalue weighted by Gasteiger charge is -2.07. The van der Waals surface area contributed by atoms with E-state index >= 15 is 0 Å². The van der Waals surface area contributed by atoms with Crippen LogP contribution in [0.3, 0.4) is 0 Å². The molecule has 0 bridgehead atoms. The molecule has 0 aromatic heterocycles. The Hall–Kier alpha value is -2.62. The Morgan fingerprint density at radius 2 is 1.68 bits per heavy atom. The standard InChI is InChI=1S/C15H13NO3/c17-10-12-3-7-14(8-4-12)16-9-11-1-5-13(6-2-11)15(18)19/h1-8,10,16H,9H2,(H,18,19). The van der Waals surface area contributed by atoms with Crippen molar-refractivity contribution in [2.75, 3.05) is 5.32 Å². The highest BCUT2D eigenvalue weighted by Crippen LogP contribution is 2.11. The fraction of sp³-hybridized carbons (Fsp3) is 0.0667. The van der Waals surface area contributed by atoms with Crippen molar-refractivity contribution in [2.45, 2.75) is 6.54 Å². The molecule has 4 heteroatoms. The predicted octanol–water partition coefficient (Wildman–Crippen LogP) is 2.81. The van der Waals surface area contributed by atoms with Gasteiger partial charge >= 0.3 is 5.97 Å². The molecule has 0 aliphatic heterocycles. The number of hydrogen-bond donors (Lipinski definition) is 2. The Morgan fingerprint density at radius 1 is 1.05 bits per heavy atom. The second kappa shape index (κ2) is 5.82. The molecule has 0 saturated carbocycles. The van der Waals surface area contributed by atoms with Crippen LogP contribution in [0.2, 0.25) is 0 Å². The topological polar surface area (TPSA) is 66.4 Å². The molecule has 0 aliphatic carbocycles. The lowest BCUT2D eigenvalue weighted by atomic mass is 10.1. The summed E-state index contributed by atoms with van der Waals surface area (Å²) in [4.78, 5) is 21.2. The molecule has 19 heavy (non-hydrogen) atoms. The number of anilines is 1. The van der Waals surface area contributed by atoms with Crippen molar-refractivity contribution in [3.05, 3.63) is 65.2 Å². The smallest absolute Gasteiger partial charge is 0.335 e. The summed E-state index contributed by atoms with van der Waals surface area (Å²) in [7, 11) is 0. The van der Waals surface area contributed by atoms with Crippen LogP contribution >= 0.6 is 0 Å². The van der Waals surface area contributed by atoms with Crippen LogP contribution in [0.25, 0.3) is 0 Å². The summed E-state index contributed by atoms with van der Waals surface area (Å²) in [5, 5.41) is 12.0. The van der Waals surface area contributed by atoms with E-state index in [4.69, 9.17) is 5.11 Å². The Morgan fingerprint density at radius 3 is 2.21 bits per heavy atom. The van der Waals surface area contributed by atoms with E-state index in [1.54, 1.807) is 36.4 Å². The number of hydrogen-bond acceptors (Lipinski definition) is 3. The summed E-state index contributed by atoms with van der Waals surface area (Å²) in [5.41, 5.74) is 2.81. The normalized spacial score (nSPS) is 9.89. The van der Waals surface area contributed by atoms with E-state index in [9.17, 15) is 9.59 Å². The van der Waals surface area contributed by atoms with E-state index in [2.05, 4.69) is 5.32 Å². The molecule has 2 rings (SSSR count). The van der Waals surface area contributed by atoms with Gasteiger partial charge in [-0.05, 0) is 42.0 Å². The summed E-state index contributed by atoms with van der Waals surface area (Å²) in [6.07, 6.45) is 0.800. The minimum atomic E-state index is -0.927. The van der Waals surface area contributed by atoms with Gasteiger partial charge in [0.15, 0.2) is 0 Å². The Labute approximate surface area is 110 Å². The largest absolute Gasteiger partial charge is 0.478 e. The first-order valence-electron chi connectivity index (χ1n) is 5.80. The number of carbonyl (C=O) groups is 2. The molecule has 0 aliphatic rings. The SMILES string of the molecule is O=Cc1ccc(NCc2ccc(C(=O)O)cc2)cc1. The highest BCUT2D eigenvalue weighted by Gasteiger charge is 2.01. The summed E-state index contributed by atoms with van der Waals surface area (Å²) in [5.74, 6) is -0.927. The number of carboxylic acid groups (broad SMARTS) is 1. The van der Waals surface area contributed by atoms with Gasteiger partial charge in [-0.1, -0.05) is 12.1 Å². The van der Waals surface area contributed by atoms with Crippen LogP contribution in [0, 0.1) is 0 Å². The van der Waals surface area contributed by atoms with Gasteiger partial charge in [0.05, 0.1) is 5.56 Å². The van der Waals surface area contributed by atoms with Crippen LogP contribution in [-0.2, 0) is 6.54 Å². The minimum absolute atomic E-state index is 0.277. The third-order valence-electron chi connectivity index (χ3n) is 2.74. The summed E-state index contributed by atoms with van der Waals surface area (Å²) >= 11 is 0. The van der Waals surface area contributed by atoms with Gasteiger partial charge in [0.1, 0.15) is 6.29 Å². The number of aldehydes is 1. The maximum absolute atomic E-state index is 10.7. The lowest BCUT2D eigenvalue weighted by molar-refractivity contribution is 0.0696. The van der Waals surface area contributed by atoms with Crippen molar-refractivity contribution in [1.82, 2.24) is 0 Å². The van der Waals surface area contributed by atoms with Crippen molar-refractivity contribution in [1.29, 1.82) is 0 Å². The number of nitrogens with one attached hydrogen (secondary N) is 1. The van der Waals surface area contributed by atoms with E-state index < -0.39 is 5.97 Å². The quantitative estimate of drug-likeness (QED) is 0.806. The molecule has 0 saturated heterocycles. The van der Waals surface area contributed by atoms with Gasteiger partial charge in [0.25, 0.3) is 0 Å². The maximum atomic E-state index is 10.7. The fourth-order valence-electron chi connectivity index (χ4n) is 1.65. The van der Waals surface area contributed by atoms with Crippen molar-refractivity contribution in [2.24, 2.45) is 0 Å². The molecule has 4 nitrogen and oxygen atoms in total. The molecule has 0 heterocycles. The first-order chi connectivity index (χ1) is 9.19. The second-order valence-corrected chi connectivity index (χ2v) is 4.10. The van der Waals surface area contributed by atoms with Gasteiger partial charge < -0.3 is 10.4 Å². The molecule has 2 aromatic rings. The van der Waals surface area contributed by atoms with E-state index in [0.717, 1.165) is 17.5 Å². The zero-order chi connectivity index (χ0) is 13.7. The van der Waals surface area contributed by atoms with Crippen LogP contribution in [0.4, 0.5) is 5.69 Å². The molecule has 0 atom stereocenters. The number of carbonyl (C=O) groups excluding carboxylic acids is 1. The lowest BCUT2D eigenvalue weighted by Crippen LogP contribution is -2.01. The summed E-state index contributed by atoms with van der Waals surface area (Å²) in [6.45, 7) is 0.598. The van der Waals surface area contributed by atoms with Gasteiger partial charge in [-0.3, -0.25) is 4.79 Å². The molecule has 0 radical (unpaired) electrons. The highest BCUT2D eigenvalue weighted by molar-refractivity contribution is 5.87. The van der Waals surface area contributed by atoms with Crippen LogP contribution in [0.15, 0.2) is 48.5 Å². The average Bonchev–Trinajstić information content (AvgIpc) is 2.46. The minimum Gasteiger partial charge on any atom is -0.478 e. The van der Waals surface area contributed by atoms with E-state index in [1.165, 1.54) is 0 Å². The third-order valence-corrected chi connectivity index (χ3v) is 2.74. The molecule has 2 N–H and O–H groups in total. The number of benzene rings is 2. The van der Waals surface area contributed by atoms with E-state index in [0.29, 0.717) is 12.1 Å². The van der Waals surface area contributed by atoms with Crippen LogP contribution in [-0.4, -0.2) is 17.4 Å². The Balaban J connectivity index is 1.97.